The molecule has 0 radical (unpaired) electrons. The molecule has 0 aromatic rings. The fourth-order valence-electron chi connectivity index (χ4n) is 3.82. The van der Waals surface area contributed by atoms with Crippen LogP contribution in [-0.4, -0.2) is 29.6 Å². The van der Waals surface area contributed by atoms with E-state index in [9.17, 15) is 4.79 Å². The summed E-state index contributed by atoms with van der Waals surface area (Å²) in [7, 11) is 0. The summed E-state index contributed by atoms with van der Waals surface area (Å²) in [6.45, 7) is 7.78. The number of fused-ring (bicyclic) bond motifs is 2. The number of hydrogen-bond acceptors (Lipinski definition) is 5. The molecular formula is C15H18O5. The van der Waals surface area contributed by atoms with E-state index in [1.807, 2.05) is 13.0 Å². The normalized spacial score (nSPS) is 53.3. The van der Waals surface area contributed by atoms with Crippen LogP contribution < -0.4 is 0 Å². The fraction of sp³-hybridized carbons (Fsp3) is 0.667. The molecule has 3 fully saturated rings. The van der Waals surface area contributed by atoms with Gasteiger partial charge in [-0.05, 0) is 37.8 Å². The van der Waals surface area contributed by atoms with Gasteiger partial charge in [0.15, 0.2) is 5.60 Å². The molecule has 4 heterocycles. The molecule has 0 N–H and O–H groups in total. The zero-order valence-electron chi connectivity index (χ0n) is 11.6. The van der Waals surface area contributed by atoms with E-state index in [-0.39, 0.29) is 30.0 Å². The van der Waals surface area contributed by atoms with E-state index in [4.69, 9.17) is 19.2 Å². The van der Waals surface area contributed by atoms with Crippen LogP contribution in [0.15, 0.2) is 24.3 Å². The molecule has 5 rings (SSSR count). The maximum absolute atomic E-state index is 11.7. The second-order valence-corrected chi connectivity index (χ2v) is 6.42. The summed E-state index contributed by atoms with van der Waals surface area (Å²) in [5, 5.41) is 0. The zero-order chi connectivity index (χ0) is 14.1. The van der Waals surface area contributed by atoms with Crippen molar-refractivity contribution in [2.24, 2.45) is 11.8 Å². The molecule has 4 aliphatic heterocycles. The molecule has 1 saturated carbocycles. The average molecular weight is 278 g/mol. The average Bonchev–Trinajstić information content (AvgIpc) is 2.61. The molecule has 5 nitrogen and oxygen atoms in total. The Labute approximate surface area is 117 Å². The third-order valence-electron chi connectivity index (χ3n) is 5.12. The number of hydrogen-bond donors (Lipinski definition) is 0. The maximum Gasteiger partial charge on any atom is 0.334 e. The lowest BCUT2D eigenvalue weighted by Crippen LogP contribution is -2.61. The van der Waals surface area contributed by atoms with E-state index in [2.05, 4.69) is 19.6 Å². The van der Waals surface area contributed by atoms with Crippen LogP contribution >= 0.6 is 0 Å². The molecule has 108 valence electrons. The predicted octanol–water partition coefficient (Wildman–Crippen LogP) is 1.89. The lowest BCUT2D eigenvalue weighted by atomic mass is 9.79. The van der Waals surface area contributed by atoms with E-state index in [1.54, 1.807) is 0 Å². The third kappa shape index (κ3) is 1.46. The molecule has 6 unspecified atom stereocenters. The highest BCUT2D eigenvalue weighted by molar-refractivity contribution is 5.90. The molecule has 5 heteroatoms. The van der Waals surface area contributed by atoms with Crippen LogP contribution in [0.3, 0.4) is 0 Å². The minimum Gasteiger partial charge on any atom is -0.458 e. The number of rotatable bonds is 0. The summed E-state index contributed by atoms with van der Waals surface area (Å²) in [5.74, 6) is -0.976. The Kier molecular flexibility index (Phi) is 2.34. The lowest BCUT2D eigenvalue weighted by molar-refractivity contribution is -0.517. The molecule has 2 bridgehead atoms. The standard InChI is InChI=1S/C15H18O5/c1-8-6-11-10(9(2)13(16)17-11)7-12-15(8)5-4-14(3,18-12)19-20-15/h4-5,8,10-12H,2,6-7H2,1,3H3. The summed E-state index contributed by atoms with van der Waals surface area (Å²) >= 11 is 0. The first-order chi connectivity index (χ1) is 9.43. The summed E-state index contributed by atoms with van der Waals surface area (Å²) in [6, 6.07) is 0. The molecule has 0 amide bonds. The fourth-order valence-corrected chi connectivity index (χ4v) is 3.82. The van der Waals surface area contributed by atoms with Gasteiger partial charge in [0.2, 0.25) is 5.79 Å². The SMILES string of the molecule is C=C1C(=O)OC2CC(C)C34C=CC(C)(OO3)OC4CC12. The first-order valence-corrected chi connectivity index (χ1v) is 7.08. The van der Waals surface area contributed by atoms with Gasteiger partial charge < -0.3 is 9.47 Å². The number of carbonyl (C=O) groups is 1. The predicted molar refractivity (Wildman–Crippen MR) is 68.2 cm³/mol. The van der Waals surface area contributed by atoms with Crippen molar-refractivity contribution in [3.8, 4) is 0 Å². The van der Waals surface area contributed by atoms with Crippen LogP contribution in [0, 0.1) is 11.8 Å². The van der Waals surface area contributed by atoms with E-state index < -0.39 is 11.4 Å². The van der Waals surface area contributed by atoms with Crippen molar-refractivity contribution in [2.45, 2.75) is 50.3 Å². The quantitative estimate of drug-likeness (QED) is 0.293. The Morgan fingerprint density at radius 1 is 1.30 bits per heavy atom. The topological polar surface area (TPSA) is 54.0 Å². The number of ether oxygens (including phenoxy) is 2. The maximum atomic E-state index is 11.7. The molecule has 0 aromatic carbocycles. The molecule has 5 aliphatic rings. The van der Waals surface area contributed by atoms with E-state index >= 15 is 0 Å². The largest absolute Gasteiger partial charge is 0.458 e. The zero-order valence-corrected chi connectivity index (χ0v) is 11.6. The number of esters is 1. The Morgan fingerprint density at radius 3 is 2.80 bits per heavy atom. The number of carbonyl (C=O) groups excluding carboxylic acids is 1. The molecular weight excluding hydrogens is 260 g/mol. The summed E-state index contributed by atoms with van der Waals surface area (Å²) in [6.07, 6.45) is 5.08. The van der Waals surface area contributed by atoms with Crippen LogP contribution in [-0.2, 0) is 24.0 Å². The highest BCUT2D eigenvalue weighted by atomic mass is 17.3. The molecule has 2 saturated heterocycles. The van der Waals surface area contributed by atoms with E-state index in [1.165, 1.54) is 0 Å². The van der Waals surface area contributed by atoms with Gasteiger partial charge in [0.25, 0.3) is 0 Å². The highest BCUT2D eigenvalue weighted by Gasteiger charge is 2.60. The van der Waals surface area contributed by atoms with Gasteiger partial charge in [-0.3, -0.25) is 0 Å². The second-order valence-electron chi connectivity index (χ2n) is 6.42. The van der Waals surface area contributed by atoms with Crippen LogP contribution in [0.1, 0.15) is 26.7 Å². The van der Waals surface area contributed by atoms with Gasteiger partial charge in [-0.15, -0.1) is 0 Å². The van der Waals surface area contributed by atoms with Crippen LogP contribution in [0.2, 0.25) is 0 Å². The van der Waals surface area contributed by atoms with Crippen molar-refractivity contribution >= 4 is 5.97 Å². The van der Waals surface area contributed by atoms with Crippen molar-refractivity contribution in [1.82, 2.24) is 0 Å². The molecule has 1 spiro atoms. The lowest BCUT2D eigenvalue weighted by Gasteiger charge is -2.52. The van der Waals surface area contributed by atoms with Gasteiger partial charge in [0.05, 0.1) is 6.10 Å². The van der Waals surface area contributed by atoms with Crippen molar-refractivity contribution in [2.75, 3.05) is 0 Å². The molecule has 6 atom stereocenters. The van der Waals surface area contributed by atoms with Gasteiger partial charge in [-0.2, -0.15) is 4.89 Å². The van der Waals surface area contributed by atoms with Gasteiger partial charge in [0.1, 0.15) is 6.10 Å². The molecule has 20 heavy (non-hydrogen) atoms. The van der Waals surface area contributed by atoms with Crippen molar-refractivity contribution < 1.29 is 24.0 Å². The first kappa shape index (κ1) is 12.6. The van der Waals surface area contributed by atoms with Gasteiger partial charge >= 0.3 is 5.97 Å². The molecule has 0 aromatic heterocycles. The Hall–Kier alpha value is -1.17. The third-order valence-corrected chi connectivity index (χ3v) is 5.12. The Balaban J connectivity index is 1.74. The van der Waals surface area contributed by atoms with Crippen molar-refractivity contribution in [1.29, 1.82) is 0 Å². The van der Waals surface area contributed by atoms with Crippen LogP contribution in [0.4, 0.5) is 0 Å². The van der Waals surface area contributed by atoms with Crippen molar-refractivity contribution in [3.05, 3.63) is 24.3 Å². The van der Waals surface area contributed by atoms with Gasteiger partial charge in [-0.25, -0.2) is 9.68 Å². The smallest absolute Gasteiger partial charge is 0.334 e. The highest BCUT2D eigenvalue weighted by Crippen LogP contribution is 2.52. The molecule has 1 aliphatic carbocycles. The summed E-state index contributed by atoms with van der Waals surface area (Å²) in [4.78, 5) is 22.8. The van der Waals surface area contributed by atoms with Gasteiger partial charge in [0, 0.05) is 11.5 Å². The second kappa shape index (κ2) is 3.72. The minimum absolute atomic E-state index is 0.00859. The first-order valence-electron chi connectivity index (χ1n) is 7.08. The Morgan fingerprint density at radius 2 is 2.10 bits per heavy atom. The minimum atomic E-state index is -0.837. The summed E-state index contributed by atoms with van der Waals surface area (Å²) in [5.41, 5.74) is -0.0336. The Bertz CT molecular complexity index is 526. The van der Waals surface area contributed by atoms with E-state index in [0.717, 1.165) is 6.42 Å². The van der Waals surface area contributed by atoms with Crippen LogP contribution in [0.25, 0.3) is 0 Å². The van der Waals surface area contributed by atoms with Crippen LogP contribution in [0.5, 0.6) is 0 Å². The van der Waals surface area contributed by atoms with E-state index in [0.29, 0.717) is 12.0 Å². The van der Waals surface area contributed by atoms with Crippen molar-refractivity contribution in [3.63, 3.8) is 0 Å². The summed E-state index contributed by atoms with van der Waals surface area (Å²) < 4.78 is 11.5. The van der Waals surface area contributed by atoms with Gasteiger partial charge in [-0.1, -0.05) is 13.5 Å². The monoisotopic (exact) mass is 278 g/mol.